The molecule has 0 spiro atoms. The van der Waals surface area contributed by atoms with Gasteiger partial charge in [0.1, 0.15) is 11.6 Å². The van der Waals surface area contributed by atoms with E-state index in [1.807, 2.05) is 24.3 Å². The second kappa shape index (κ2) is 8.52. The average Bonchev–Trinajstić information content (AvgIpc) is 3.11. The molecule has 148 valence electrons. The lowest BCUT2D eigenvalue weighted by Crippen LogP contribution is -2.44. The van der Waals surface area contributed by atoms with Crippen LogP contribution in [-0.2, 0) is 0 Å². The lowest BCUT2D eigenvalue weighted by atomic mass is 10.1. The third-order valence-electron chi connectivity index (χ3n) is 5.37. The van der Waals surface area contributed by atoms with Gasteiger partial charge in [0.2, 0.25) is 0 Å². The van der Waals surface area contributed by atoms with Crippen molar-refractivity contribution in [1.82, 2.24) is 19.8 Å². The quantitative estimate of drug-likeness (QED) is 0.632. The lowest BCUT2D eigenvalue weighted by Gasteiger charge is -2.32. The van der Waals surface area contributed by atoms with E-state index in [1.165, 1.54) is 0 Å². The molecule has 0 radical (unpaired) electrons. The highest BCUT2D eigenvalue weighted by molar-refractivity contribution is 6.31. The van der Waals surface area contributed by atoms with Crippen molar-refractivity contribution < 1.29 is 4.74 Å². The Morgan fingerprint density at radius 2 is 1.93 bits per heavy atom. The number of nitrogens with one attached hydrogen (secondary N) is 1. The van der Waals surface area contributed by atoms with Crippen LogP contribution in [0, 0.1) is 6.92 Å². The van der Waals surface area contributed by atoms with Crippen LogP contribution in [-0.4, -0.2) is 66.1 Å². The smallest absolute Gasteiger partial charge is 0.138 e. The molecule has 5 nitrogen and oxygen atoms in total. The Kier molecular flexibility index (Phi) is 5.85. The van der Waals surface area contributed by atoms with Gasteiger partial charge in [-0.25, -0.2) is 4.98 Å². The number of hydrogen-bond acceptors (Lipinski definition) is 4. The van der Waals surface area contributed by atoms with E-state index >= 15 is 0 Å². The summed E-state index contributed by atoms with van der Waals surface area (Å²) < 4.78 is 6.03. The van der Waals surface area contributed by atoms with Gasteiger partial charge in [-0.1, -0.05) is 11.6 Å². The summed E-state index contributed by atoms with van der Waals surface area (Å²) in [6, 6.07) is 11.9. The Morgan fingerprint density at radius 3 is 2.71 bits per heavy atom. The van der Waals surface area contributed by atoms with Gasteiger partial charge in [-0.15, -0.1) is 0 Å². The highest BCUT2D eigenvalue weighted by Crippen LogP contribution is 2.27. The van der Waals surface area contributed by atoms with Crippen LogP contribution in [0.4, 0.5) is 0 Å². The zero-order chi connectivity index (χ0) is 19.5. The monoisotopic (exact) mass is 398 g/mol. The normalized spacial score (nSPS) is 16.0. The lowest BCUT2D eigenvalue weighted by molar-refractivity contribution is 0.145. The molecule has 1 aliphatic heterocycles. The number of hydrogen-bond donors (Lipinski definition) is 1. The molecule has 0 aliphatic carbocycles. The summed E-state index contributed by atoms with van der Waals surface area (Å²) in [5.74, 6) is 1.79. The van der Waals surface area contributed by atoms with E-state index in [0.29, 0.717) is 5.02 Å². The minimum atomic E-state index is 0.696. The standard InChI is InChI=1S/C22H27ClN4O/c1-16-14-17(22-24-19-6-5-18(23)15-20(19)25-22)4-7-21(16)28-13-3-8-27-11-9-26(2)10-12-27/h4-7,14-15H,3,8-13H2,1-2H3,(H,24,25). The van der Waals surface area contributed by atoms with Crippen molar-refractivity contribution >= 4 is 22.6 Å². The summed E-state index contributed by atoms with van der Waals surface area (Å²) in [5.41, 5.74) is 4.04. The van der Waals surface area contributed by atoms with Gasteiger partial charge in [0.15, 0.2) is 0 Å². The van der Waals surface area contributed by atoms with E-state index in [0.717, 1.165) is 79.5 Å². The molecule has 4 rings (SSSR count). The number of aromatic amines is 1. The molecule has 0 bridgehead atoms. The summed E-state index contributed by atoms with van der Waals surface area (Å²) in [7, 11) is 2.19. The Bertz CT molecular complexity index is 947. The Balaban J connectivity index is 1.34. The van der Waals surface area contributed by atoms with Crippen LogP contribution in [0.5, 0.6) is 5.75 Å². The second-order valence-electron chi connectivity index (χ2n) is 7.57. The number of H-pyrrole nitrogens is 1. The third kappa shape index (κ3) is 4.49. The maximum atomic E-state index is 6.06. The number of imidazole rings is 1. The number of aromatic nitrogens is 2. The molecular formula is C22H27ClN4O. The predicted octanol–water partition coefficient (Wildman–Crippen LogP) is 4.21. The molecule has 2 heterocycles. The van der Waals surface area contributed by atoms with Gasteiger partial charge in [0.25, 0.3) is 0 Å². The summed E-state index contributed by atoms with van der Waals surface area (Å²) in [6.45, 7) is 8.58. The number of fused-ring (bicyclic) bond motifs is 1. The summed E-state index contributed by atoms with van der Waals surface area (Å²) >= 11 is 6.06. The minimum absolute atomic E-state index is 0.696. The van der Waals surface area contributed by atoms with Crippen molar-refractivity contribution in [2.75, 3.05) is 46.4 Å². The van der Waals surface area contributed by atoms with Gasteiger partial charge in [0.05, 0.1) is 17.6 Å². The number of aryl methyl sites for hydroxylation is 1. The molecule has 3 aromatic rings. The van der Waals surface area contributed by atoms with E-state index in [-0.39, 0.29) is 0 Å². The Hall–Kier alpha value is -2.08. The van der Waals surface area contributed by atoms with Crippen LogP contribution in [0.3, 0.4) is 0 Å². The molecule has 1 aliphatic rings. The number of rotatable bonds is 6. The van der Waals surface area contributed by atoms with Crippen LogP contribution in [0.2, 0.25) is 5.02 Å². The molecular weight excluding hydrogens is 372 g/mol. The summed E-state index contributed by atoms with van der Waals surface area (Å²) in [4.78, 5) is 12.9. The first-order valence-electron chi connectivity index (χ1n) is 9.88. The van der Waals surface area contributed by atoms with E-state index in [9.17, 15) is 0 Å². The van der Waals surface area contributed by atoms with Crippen LogP contribution in [0.25, 0.3) is 22.4 Å². The van der Waals surface area contributed by atoms with Gasteiger partial charge in [-0.2, -0.15) is 0 Å². The topological polar surface area (TPSA) is 44.4 Å². The number of benzene rings is 2. The number of likely N-dealkylation sites (N-methyl/N-ethyl adjacent to an activating group) is 1. The van der Waals surface area contributed by atoms with Crippen molar-refractivity contribution in [1.29, 1.82) is 0 Å². The molecule has 1 fully saturated rings. The van der Waals surface area contributed by atoms with Crippen LogP contribution < -0.4 is 4.74 Å². The zero-order valence-corrected chi connectivity index (χ0v) is 17.3. The van der Waals surface area contributed by atoms with Crippen molar-refractivity contribution in [3.05, 3.63) is 47.0 Å². The van der Waals surface area contributed by atoms with Crippen LogP contribution >= 0.6 is 11.6 Å². The largest absolute Gasteiger partial charge is 0.493 e. The molecule has 0 unspecified atom stereocenters. The van der Waals surface area contributed by atoms with Crippen molar-refractivity contribution in [3.63, 3.8) is 0 Å². The fraction of sp³-hybridized carbons (Fsp3) is 0.409. The van der Waals surface area contributed by atoms with E-state index in [2.05, 4.69) is 45.9 Å². The van der Waals surface area contributed by atoms with Gasteiger partial charge in [0, 0.05) is 43.3 Å². The van der Waals surface area contributed by atoms with Crippen molar-refractivity contribution in [3.8, 4) is 17.1 Å². The minimum Gasteiger partial charge on any atom is -0.493 e. The second-order valence-corrected chi connectivity index (χ2v) is 8.01. The van der Waals surface area contributed by atoms with E-state index in [1.54, 1.807) is 0 Å². The van der Waals surface area contributed by atoms with Gasteiger partial charge >= 0.3 is 0 Å². The van der Waals surface area contributed by atoms with Crippen LogP contribution in [0.15, 0.2) is 36.4 Å². The molecule has 0 amide bonds. The predicted molar refractivity (Wildman–Crippen MR) is 115 cm³/mol. The molecule has 2 aromatic carbocycles. The third-order valence-corrected chi connectivity index (χ3v) is 5.60. The molecule has 6 heteroatoms. The molecule has 1 N–H and O–H groups in total. The van der Waals surface area contributed by atoms with Crippen LogP contribution in [0.1, 0.15) is 12.0 Å². The molecule has 1 aromatic heterocycles. The average molecular weight is 399 g/mol. The first-order valence-corrected chi connectivity index (χ1v) is 10.3. The number of halogens is 1. The maximum absolute atomic E-state index is 6.06. The van der Waals surface area contributed by atoms with E-state index < -0.39 is 0 Å². The maximum Gasteiger partial charge on any atom is 0.138 e. The van der Waals surface area contributed by atoms with Crippen molar-refractivity contribution in [2.45, 2.75) is 13.3 Å². The van der Waals surface area contributed by atoms with Gasteiger partial charge in [-0.3, -0.25) is 0 Å². The fourth-order valence-electron chi connectivity index (χ4n) is 3.62. The number of nitrogens with zero attached hydrogens (tertiary/aromatic N) is 3. The highest BCUT2D eigenvalue weighted by Gasteiger charge is 2.13. The van der Waals surface area contributed by atoms with Gasteiger partial charge < -0.3 is 19.5 Å². The number of ether oxygens (including phenoxy) is 1. The molecule has 0 saturated carbocycles. The zero-order valence-electron chi connectivity index (χ0n) is 16.5. The molecule has 0 atom stereocenters. The fourth-order valence-corrected chi connectivity index (χ4v) is 3.78. The Labute approximate surface area is 171 Å². The summed E-state index contributed by atoms with van der Waals surface area (Å²) in [6.07, 6.45) is 1.05. The van der Waals surface area contributed by atoms with Crippen molar-refractivity contribution in [2.24, 2.45) is 0 Å². The highest BCUT2D eigenvalue weighted by atomic mass is 35.5. The SMILES string of the molecule is Cc1cc(-c2nc3cc(Cl)ccc3[nH]2)ccc1OCCCN1CCN(C)CC1. The molecule has 1 saturated heterocycles. The first-order chi connectivity index (χ1) is 13.6. The summed E-state index contributed by atoms with van der Waals surface area (Å²) in [5, 5.41) is 0.696. The van der Waals surface area contributed by atoms with Gasteiger partial charge in [-0.05, 0) is 62.4 Å². The molecule has 28 heavy (non-hydrogen) atoms. The number of piperazine rings is 1. The first kappa shape index (κ1) is 19.2. The van der Waals surface area contributed by atoms with E-state index in [4.69, 9.17) is 16.3 Å². The Morgan fingerprint density at radius 1 is 1.11 bits per heavy atom.